The molecule has 0 aromatic heterocycles. The van der Waals surface area contributed by atoms with Crippen molar-refractivity contribution in [1.82, 2.24) is 5.32 Å². The van der Waals surface area contributed by atoms with Gasteiger partial charge < -0.3 is 10.1 Å². The fraction of sp³-hybridized carbons (Fsp3) is 0.125. The van der Waals surface area contributed by atoms with Crippen molar-refractivity contribution in [1.29, 1.82) is 0 Å². The number of rotatable bonds is 8. The first-order chi connectivity index (χ1) is 13.8. The van der Waals surface area contributed by atoms with Crippen LogP contribution in [0.3, 0.4) is 0 Å². The van der Waals surface area contributed by atoms with Crippen LogP contribution >= 0.6 is 11.8 Å². The van der Waals surface area contributed by atoms with Gasteiger partial charge >= 0.3 is 0 Å². The molecule has 3 nitrogen and oxygen atoms in total. The number of hydrogen-bond acceptors (Lipinski definition) is 3. The molecule has 0 bridgehead atoms. The molecule has 3 rings (SSSR count). The van der Waals surface area contributed by atoms with Gasteiger partial charge in [0.1, 0.15) is 5.75 Å². The van der Waals surface area contributed by atoms with Crippen LogP contribution in [-0.2, 0) is 4.79 Å². The predicted octanol–water partition coefficient (Wildman–Crippen LogP) is 5.14. The van der Waals surface area contributed by atoms with Crippen molar-refractivity contribution in [3.05, 3.63) is 96.1 Å². The van der Waals surface area contributed by atoms with Gasteiger partial charge in [-0.2, -0.15) is 0 Å². The van der Waals surface area contributed by atoms with E-state index in [1.165, 1.54) is 4.90 Å². The predicted molar refractivity (Wildman–Crippen MR) is 117 cm³/mol. The van der Waals surface area contributed by atoms with Crippen LogP contribution in [0.1, 0.15) is 11.1 Å². The molecular weight excluding hydrogens is 366 g/mol. The maximum absolute atomic E-state index is 12.9. The van der Waals surface area contributed by atoms with Crippen molar-refractivity contribution in [2.45, 2.75) is 4.90 Å². The second kappa shape index (κ2) is 10.4. The first-order valence-corrected chi connectivity index (χ1v) is 10.1. The number of nitrogens with one attached hydrogen (secondary N) is 1. The van der Waals surface area contributed by atoms with E-state index in [4.69, 9.17) is 4.74 Å². The molecule has 0 unspecified atom stereocenters. The Hall–Kier alpha value is -2.98. The fourth-order valence-corrected chi connectivity index (χ4v) is 3.50. The summed E-state index contributed by atoms with van der Waals surface area (Å²) in [6.07, 6.45) is 1.91. The maximum Gasteiger partial charge on any atom is 0.251 e. The third-order valence-corrected chi connectivity index (χ3v) is 5.17. The van der Waals surface area contributed by atoms with Gasteiger partial charge in [-0.3, -0.25) is 4.79 Å². The molecule has 1 N–H and O–H groups in total. The zero-order chi connectivity index (χ0) is 19.6. The summed E-state index contributed by atoms with van der Waals surface area (Å²) in [5.74, 6) is 1.54. The summed E-state index contributed by atoms with van der Waals surface area (Å²) in [5.41, 5.74) is 2.50. The number of thioether (sulfide) groups is 1. The van der Waals surface area contributed by atoms with E-state index in [-0.39, 0.29) is 5.91 Å². The van der Waals surface area contributed by atoms with Crippen molar-refractivity contribution in [2.24, 2.45) is 0 Å². The molecule has 3 aromatic carbocycles. The van der Waals surface area contributed by atoms with Gasteiger partial charge in [0.2, 0.25) is 0 Å². The second-order valence-corrected chi connectivity index (χ2v) is 7.28. The monoisotopic (exact) mass is 389 g/mol. The van der Waals surface area contributed by atoms with Crippen LogP contribution in [0.2, 0.25) is 0 Å². The summed E-state index contributed by atoms with van der Waals surface area (Å²) in [7, 11) is 1.64. The summed E-state index contributed by atoms with van der Waals surface area (Å²) in [5, 5.41) is 3.04. The van der Waals surface area contributed by atoms with E-state index in [0.29, 0.717) is 12.1 Å². The standard InChI is InChI=1S/C24H23NO2S/c1-27-21-14-12-19(13-15-21)18-23(20-8-4-2-5-9-20)24(26)25-16-17-28-22-10-6-3-7-11-22/h2-15,18H,16-17H2,1H3,(H,25,26)/b23-18+. The van der Waals surface area contributed by atoms with Crippen LogP contribution in [0.5, 0.6) is 5.75 Å². The molecule has 0 saturated carbocycles. The number of ether oxygens (including phenoxy) is 1. The van der Waals surface area contributed by atoms with Crippen molar-refractivity contribution >= 4 is 29.3 Å². The molecule has 0 spiro atoms. The van der Waals surface area contributed by atoms with Gasteiger partial charge in [-0.1, -0.05) is 60.7 Å². The van der Waals surface area contributed by atoms with Gasteiger partial charge in [-0.15, -0.1) is 11.8 Å². The van der Waals surface area contributed by atoms with Gasteiger partial charge in [0.15, 0.2) is 0 Å². The Morgan fingerprint density at radius 3 is 2.21 bits per heavy atom. The summed E-state index contributed by atoms with van der Waals surface area (Å²) in [4.78, 5) is 14.1. The fourth-order valence-electron chi connectivity index (χ4n) is 2.71. The summed E-state index contributed by atoms with van der Waals surface area (Å²) >= 11 is 1.73. The van der Waals surface area contributed by atoms with Gasteiger partial charge in [0.25, 0.3) is 5.91 Å². The minimum absolute atomic E-state index is 0.0734. The Morgan fingerprint density at radius 2 is 1.57 bits per heavy atom. The Labute approximate surface area is 170 Å². The van der Waals surface area contributed by atoms with E-state index in [9.17, 15) is 4.79 Å². The Balaban J connectivity index is 1.69. The van der Waals surface area contributed by atoms with Gasteiger partial charge in [0.05, 0.1) is 7.11 Å². The van der Waals surface area contributed by atoms with Crippen molar-refractivity contribution in [3.63, 3.8) is 0 Å². The van der Waals surface area contributed by atoms with Gasteiger partial charge in [-0.05, 0) is 41.5 Å². The number of carbonyl (C=O) groups excluding carboxylic acids is 1. The largest absolute Gasteiger partial charge is 0.497 e. The lowest BCUT2D eigenvalue weighted by molar-refractivity contribution is -0.115. The highest BCUT2D eigenvalue weighted by atomic mass is 32.2. The van der Waals surface area contributed by atoms with Crippen LogP contribution in [0, 0.1) is 0 Å². The molecule has 3 aromatic rings. The molecule has 0 radical (unpaired) electrons. The average Bonchev–Trinajstić information content (AvgIpc) is 2.76. The van der Waals surface area contributed by atoms with E-state index in [0.717, 1.165) is 22.6 Å². The average molecular weight is 390 g/mol. The third kappa shape index (κ3) is 5.76. The van der Waals surface area contributed by atoms with E-state index in [2.05, 4.69) is 17.4 Å². The molecule has 0 atom stereocenters. The number of benzene rings is 3. The summed E-state index contributed by atoms with van der Waals surface area (Å²) in [6, 6.07) is 27.6. The molecule has 0 fully saturated rings. The molecule has 0 aliphatic carbocycles. The lowest BCUT2D eigenvalue weighted by Crippen LogP contribution is -2.26. The highest BCUT2D eigenvalue weighted by Gasteiger charge is 2.11. The summed E-state index contributed by atoms with van der Waals surface area (Å²) in [6.45, 7) is 0.602. The first-order valence-electron chi connectivity index (χ1n) is 9.13. The molecule has 0 aliphatic rings. The molecule has 0 heterocycles. The number of methoxy groups -OCH3 is 1. The molecular formula is C24H23NO2S. The SMILES string of the molecule is COc1ccc(/C=C(/C(=O)NCCSc2ccccc2)c2ccccc2)cc1. The summed E-state index contributed by atoms with van der Waals surface area (Å²) < 4.78 is 5.21. The molecule has 1 amide bonds. The molecule has 0 saturated heterocycles. The Kier molecular flexibility index (Phi) is 7.33. The molecule has 0 aliphatic heterocycles. The topological polar surface area (TPSA) is 38.3 Å². The van der Waals surface area contributed by atoms with E-state index in [1.54, 1.807) is 18.9 Å². The highest BCUT2D eigenvalue weighted by molar-refractivity contribution is 7.99. The third-order valence-electron chi connectivity index (χ3n) is 4.16. The van der Waals surface area contributed by atoms with Crippen molar-refractivity contribution < 1.29 is 9.53 Å². The van der Waals surface area contributed by atoms with Crippen LogP contribution in [0.25, 0.3) is 11.6 Å². The normalized spacial score (nSPS) is 11.1. The van der Waals surface area contributed by atoms with Crippen LogP contribution < -0.4 is 10.1 Å². The van der Waals surface area contributed by atoms with E-state index in [1.807, 2.05) is 78.9 Å². The molecule has 28 heavy (non-hydrogen) atoms. The highest BCUT2D eigenvalue weighted by Crippen LogP contribution is 2.21. The zero-order valence-corrected chi connectivity index (χ0v) is 16.6. The lowest BCUT2D eigenvalue weighted by atomic mass is 10.0. The zero-order valence-electron chi connectivity index (χ0n) is 15.8. The minimum Gasteiger partial charge on any atom is -0.497 e. The maximum atomic E-state index is 12.9. The molecule has 142 valence electrons. The van der Waals surface area contributed by atoms with Gasteiger partial charge in [-0.25, -0.2) is 0 Å². The Bertz CT molecular complexity index is 906. The first kappa shape index (κ1) is 19.8. The van der Waals surface area contributed by atoms with Crippen LogP contribution in [0.15, 0.2) is 89.8 Å². The van der Waals surface area contributed by atoms with E-state index >= 15 is 0 Å². The second-order valence-electron chi connectivity index (χ2n) is 6.11. The number of hydrogen-bond donors (Lipinski definition) is 1. The smallest absolute Gasteiger partial charge is 0.251 e. The van der Waals surface area contributed by atoms with Crippen molar-refractivity contribution in [3.8, 4) is 5.75 Å². The quantitative estimate of drug-likeness (QED) is 0.251. The Morgan fingerprint density at radius 1 is 0.929 bits per heavy atom. The van der Waals surface area contributed by atoms with Gasteiger partial charge in [0, 0.05) is 22.8 Å². The molecule has 4 heteroatoms. The van der Waals surface area contributed by atoms with E-state index < -0.39 is 0 Å². The van der Waals surface area contributed by atoms with Crippen LogP contribution in [0.4, 0.5) is 0 Å². The minimum atomic E-state index is -0.0734. The number of carbonyl (C=O) groups is 1. The van der Waals surface area contributed by atoms with Crippen molar-refractivity contribution in [2.75, 3.05) is 19.4 Å². The van der Waals surface area contributed by atoms with Crippen LogP contribution in [-0.4, -0.2) is 25.3 Å². The lowest BCUT2D eigenvalue weighted by Gasteiger charge is -2.10. The number of amides is 1.